The van der Waals surface area contributed by atoms with Crippen LogP contribution in [0.5, 0.6) is 5.75 Å². The molecule has 0 radical (unpaired) electrons. The van der Waals surface area contributed by atoms with Gasteiger partial charge in [0.25, 0.3) is 5.91 Å². The van der Waals surface area contributed by atoms with Crippen molar-refractivity contribution in [2.45, 2.75) is 32.1 Å². The highest BCUT2D eigenvalue weighted by Gasteiger charge is 2.39. The summed E-state index contributed by atoms with van der Waals surface area (Å²) in [5.41, 5.74) is 4.67. The van der Waals surface area contributed by atoms with E-state index < -0.39 is 11.3 Å². The Hall–Kier alpha value is -2.55. The summed E-state index contributed by atoms with van der Waals surface area (Å²) in [4.78, 5) is 23.0. The highest BCUT2D eigenvalue weighted by molar-refractivity contribution is 5.97. The lowest BCUT2D eigenvalue weighted by molar-refractivity contribution is -0.124. The third-order valence-electron chi connectivity index (χ3n) is 3.85. The second-order valence-corrected chi connectivity index (χ2v) is 5.49. The summed E-state index contributed by atoms with van der Waals surface area (Å²) >= 11 is 0. The number of carbonyl (C=O) groups excluding carboxylic acids is 2. The molecule has 1 saturated carbocycles. The van der Waals surface area contributed by atoms with E-state index in [1.807, 2.05) is 0 Å². The molecule has 0 aliphatic heterocycles. The normalized spacial score (nSPS) is 16.3. The molecule has 3 N–H and O–H groups in total. The number of nitrogens with one attached hydrogen (secondary N) is 1. The van der Waals surface area contributed by atoms with Crippen LogP contribution in [0.1, 0.15) is 32.1 Å². The van der Waals surface area contributed by atoms with Crippen LogP contribution in [0.3, 0.4) is 0 Å². The predicted molar refractivity (Wildman–Crippen MR) is 80.9 cm³/mol. The van der Waals surface area contributed by atoms with E-state index in [9.17, 15) is 14.9 Å². The maximum absolute atomic E-state index is 12.4. The van der Waals surface area contributed by atoms with Gasteiger partial charge in [0, 0.05) is 5.69 Å². The Morgan fingerprint density at radius 1 is 1.23 bits per heavy atom. The van der Waals surface area contributed by atoms with Crippen LogP contribution in [0.4, 0.5) is 5.69 Å². The van der Waals surface area contributed by atoms with Crippen molar-refractivity contribution in [2.24, 2.45) is 11.1 Å². The number of ether oxygens (including phenoxy) is 1. The van der Waals surface area contributed by atoms with E-state index in [2.05, 4.69) is 11.4 Å². The number of benzene rings is 1. The van der Waals surface area contributed by atoms with E-state index in [1.165, 1.54) is 0 Å². The van der Waals surface area contributed by atoms with Crippen molar-refractivity contribution >= 4 is 17.5 Å². The first-order valence-corrected chi connectivity index (χ1v) is 7.30. The van der Waals surface area contributed by atoms with Crippen molar-refractivity contribution in [2.75, 3.05) is 11.9 Å². The highest BCUT2D eigenvalue weighted by Crippen LogP contribution is 2.36. The number of hydrogen-bond acceptors (Lipinski definition) is 4. The average Bonchev–Trinajstić information content (AvgIpc) is 2.54. The second-order valence-electron chi connectivity index (χ2n) is 5.49. The SMILES string of the molecule is N#CC1(C(=O)Nc2ccc(OCC(N)=O)cc2)CCCCC1. The summed E-state index contributed by atoms with van der Waals surface area (Å²) in [7, 11) is 0. The number of nitrogens with zero attached hydrogens (tertiary/aromatic N) is 1. The summed E-state index contributed by atoms with van der Waals surface area (Å²) in [6.07, 6.45) is 4.09. The van der Waals surface area contributed by atoms with Crippen molar-refractivity contribution in [1.82, 2.24) is 0 Å². The lowest BCUT2D eigenvalue weighted by atomic mass is 9.74. The van der Waals surface area contributed by atoms with Crippen LogP contribution in [0.25, 0.3) is 0 Å². The van der Waals surface area contributed by atoms with E-state index in [4.69, 9.17) is 10.5 Å². The molecule has 0 spiro atoms. The minimum absolute atomic E-state index is 0.191. The van der Waals surface area contributed by atoms with Gasteiger partial charge in [0.1, 0.15) is 11.2 Å². The Labute approximate surface area is 129 Å². The summed E-state index contributed by atoms with van der Waals surface area (Å²) in [6.45, 7) is -0.191. The summed E-state index contributed by atoms with van der Waals surface area (Å²) < 4.78 is 5.15. The Morgan fingerprint density at radius 2 is 1.86 bits per heavy atom. The molecule has 1 fully saturated rings. The predicted octanol–water partition coefficient (Wildman–Crippen LogP) is 1.96. The molecule has 1 aliphatic carbocycles. The number of rotatable bonds is 5. The van der Waals surface area contributed by atoms with Gasteiger partial charge < -0.3 is 15.8 Å². The standard InChI is InChI=1S/C16H19N3O3/c17-11-16(8-2-1-3-9-16)15(21)19-12-4-6-13(7-5-12)22-10-14(18)20/h4-7H,1-3,8-10H2,(H2,18,20)(H,19,21). The molecule has 0 bridgehead atoms. The molecule has 1 aliphatic rings. The molecule has 0 aromatic heterocycles. The van der Waals surface area contributed by atoms with Crippen molar-refractivity contribution in [3.05, 3.63) is 24.3 Å². The van der Waals surface area contributed by atoms with E-state index in [0.717, 1.165) is 19.3 Å². The van der Waals surface area contributed by atoms with Crippen LogP contribution < -0.4 is 15.8 Å². The fourth-order valence-electron chi connectivity index (χ4n) is 2.58. The van der Waals surface area contributed by atoms with Crippen LogP contribution >= 0.6 is 0 Å². The molecule has 0 saturated heterocycles. The number of anilines is 1. The van der Waals surface area contributed by atoms with Gasteiger partial charge in [0.05, 0.1) is 6.07 Å². The molecule has 6 nitrogen and oxygen atoms in total. The Morgan fingerprint density at radius 3 is 2.41 bits per heavy atom. The average molecular weight is 301 g/mol. The van der Waals surface area contributed by atoms with Crippen LogP contribution in [-0.4, -0.2) is 18.4 Å². The molecular weight excluding hydrogens is 282 g/mol. The quantitative estimate of drug-likeness (QED) is 0.867. The van der Waals surface area contributed by atoms with Gasteiger partial charge in [-0.15, -0.1) is 0 Å². The Kier molecular flexibility index (Phi) is 4.99. The first-order valence-electron chi connectivity index (χ1n) is 7.30. The molecule has 0 heterocycles. The topological polar surface area (TPSA) is 105 Å². The van der Waals surface area contributed by atoms with Gasteiger partial charge in [-0.3, -0.25) is 9.59 Å². The molecule has 22 heavy (non-hydrogen) atoms. The largest absolute Gasteiger partial charge is 0.484 e. The maximum Gasteiger partial charge on any atom is 0.255 e. The number of primary amides is 1. The summed E-state index contributed by atoms with van der Waals surface area (Å²) in [5, 5.41) is 12.2. The smallest absolute Gasteiger partial charge is 0.255 e. The van der Waals surface area contributed by atoms with Crippen molar-refractivity contribution < 1.29 is 14.3 Å². The molecule has 2 amide bonds. The molecule has 1 aromatic carbocycles. The number of carbonyl (C=O) groups is 2. The first-order chi connectivity index (χ1) is 10.6. The van der Waals surface area contributed by atoms with Gasteiger partial charge in [-0.25, -0.2) is 0 Å². The lowest BCUT2D eigenvalue weighted by Crippen LogP contribution is -2.36. The van der Waals surface area contributed by atoms with Crippen LogP contribution in [0.15, 0.2) is 24.3 Å². The van der Waals surface area contributed by atoms with Gasteiger partial charge in [-0.05, 0) is 37.1 Å². The van der Waals surface area contributed by atoms with Crippen LogP contribution in [0, 0.1) is 16.7 Å². The third kappa shape index (κ3) is 3.76. The highest BCUT2D eigenvalue weighted by atomic mass is 16.5. The number of nitriles is 1. The fourth-order valence-corrected chi connectivity index (χ4v) is 2.58. The van der Waals surface area contributed by atoms with Gasteiger partial charge in [0.15, 0.2) is 6.61 Å². The monoisotopic (exact) mass is 301 g/mol. The Bertz CT molecular complexity index is 584. The lowest BCUT2D eigenvalue weighted by Gasteiger charge is -2.29. The van der Waals surface area contributed by atoms with Crippen molar-refractivity contribution in [3.63, 3.8) is 0 Å². The minimum atomic E-state index is -0.917. The van der Waals surface area contributed by atoms with Gasteiger partial charge in [0.2, 0.25) is 5.91 Å². The fraction of sp³-hybridized carbons (Fsp3) is 0.438. The zero-order valence-corrected chi connectivity index (χ0v) is 12.3. The summed E-state index contributed by atoms with van der Waals surface area (Å²) in [5.74, 6) is -0.310. The number of amides is 2. The Balaban J connectivity index is 1.99. The maximum atomic E-state index is 12.4. The molecule has 0 atom stereocenters. The van der Waals surface area contributed by atoms with Gasteiger partial charge in [-0.2, -0.15) is 5.26 Å². The third-order valence-corrected chi connectivity index (χ3v) is 3.85. The van der Waals surface area contributed by atoms with E-state index in [-0.39, 0.29) is 12.5 Å². The minimum Gasteiger partial charge on any atom is -0.484 e. The van der Waals surface area contributed by atoms with Crippen molar-refractivity contribution in [1.29, 1.82) is 5.26 Å². The number of nitrogens with two attached hydrogens (primary N) is 1. The molecule has 116 valence electrons. The van der Waals surface area contributed by atoms with Gasteiger partial charge in [-0.1, -0.05) is 19.3 Å². The second kappa shape index (κ2) is 6.94. The zero-order valence-electron chi connectivity index (χ0n) is 12.3. The summed E-state index contributed by atoms with van der Waals surface area (Å²) in [6, 6.07) is 8.81. The van der Waals surface area contributed by atoms with E-state index in [1.54, 1.807) is 24.3 Å². The molecule has 2 rings (SSSR count). The number of hydrogen-bond donors (Lipinski definition) is 2. The van der Waals surface area contributed by atoms with E-state index in [0.29, 0.717) is 24.3 Å². The molecular formula is C16H19N3O3. The first kappa shape index (κ1) is 15.8. The van der Waals surface area contributed by atoms with E-state index >= 15 is 0 Å². The van der Waals surface area contributed by atoms with Gasteiger partial charge >= 0.3 is 0 Å². The molecule has 1 aromatic rings. The molecule has 0 unspecified atom stereocenters. The van der Waals surface area contributed by atoms with Crippen LogP contribution in [0.2, 0.25) is 0 Å². The molecule has 6 heteroatoms. The zero-order chi connectivity index (χ0) is 16.0. The van der Waals surface area contributed by atoms with Crippen molar-refractivity contribution in [3.8, 4) is 11.8 Å². The van der Waals surface area contributed by atoms with Crippen LogP contribution in [-0.2, 0) is 9.59 Å².